The van der Waals surface area contributed by atoms with E-state index < -0.39 is 24.9 Å². The van der Waals surface area contributed by atoms with Crippen LogP contribution in [0.2, 0.25) is 0 Å². The highest BCUT2D eigenvalue weighted by Crippen LogP contribution is 2.10. The molecule has 0 aliphatic rings. The van der Waals surface area contributed by atoms with Crippen LogP contribution in [-0.2, 0) is 0 Å². The number of halogens is 2. The lowest BCUT2D eigenvalue weighted by Crippen LogP contribution is -2.41. The largest absolute Gasteiger partial charge is 0.399 e. The van der Waals surface area contributed by atoms with Gasteiger partial charge in [-0.3, -0.25) is 4.79 Å². The summed E-state index contributed by atoms with van der Waals surface area (Å²) in [6.07, 6.45) is 0. The zero-order valence-corrected chi connectivity index (χ0v) is 8.54. The highest BCUT2D eigenvalue weighted by atomic mass is 19.3. The van der Waals surface area contributed by atoms with Crippen molar-refractivity contribution in [2.24, 2.45) is 5.73 Å². The van der Waals surface area contributed by atoms with Crippen molar-refractivity contribution in [3.63, 3.8) is 0 Å². The van der Waals surface area contributed by atoms with E-state index in [4.69, 9.17) is 11.5 Å². The third kappa shape index (κ3) is 3.47. The summed E-state index contributed by atoms with van der Waals surface area (Å²) in [5.41, 5.74) is 10.9. The Kier molecular flexibility index (Phi) is 3.78. The number of hydrogen-bond donors (Lipinski definition) is 3. The van der Waals surface area contributed by atoms with Gasteiger partial charge in [-0.25, -0.2) is 8.78 Å². The molecule has 0 aromatic heterocycles. The van der Waals surface area contributed by atoms with E-state index in [1.165, 1.54) is 12.1 Å². The second-order valence-corrected chi connectivity index (χ2v) is 3.37. The second-order valence-electron chi connectivity index (χ2n) is 3.37. The average Bonchev–Trinajstić information content (AvgIpc) is 2.26. The number of carbonyl (C=O) groups is 1. The van der Waals surface area contributed by atoms with E-state index in [1.807, 2.05) is 0 Å². The zero-order valence-electron chi connectivity index (χ0n) is 8.54. The first-order chi connectivity index (χ1) is 7.44. The fourth-order valence-corrected chi connectivity index (χ4v) is 1.06. The summed E-state index contributed by atoms with van der Waals surface area (Å²) in [6.45, 7) is -1.58. The smallest absolute Gasteiger partial charge is 0.277 e. The van der Waals surface area contributed by atoms with Crippen LogP contribution in [0.15, 0.2) is 24.3 Å². The third-order valence-electron chi connectivity index (χ3n) is 1.96. The summed E-state index contributed by atoms with van der Waals surface area (Å²) >= 11 is 0. The van der Waals surface area contributed by atoms with Crippen LogP contribution in [-0.4, -0.2) is 24.9 Å². The van der Waals surface area contributed by atoms with Crippen LogP contribution < -0.4 is 16.8 Å². The van der Waals surface area contributed by atoms with E-state index in [0.29, 0.717) is 5.69 Å². The highest BCUT2D eigenvalue weighted by Gasteiger charge is 2.27. The second kappa shape index (κ2) is 4.89. The van der Waals surface area contributed by atoms with Gasteiger partial charge in [0.1, 0.15) is 0 Å². The lowest BCUT2D eigenvalue weighted by molar-refractivity contribution is 0.0118. The lowest BCUT2D eigenvalue weighted by atomic mass is 10.2. The predicted octanol–water partition coefficient (Wildman–Crippen LogP) is 0.593. The van der Waals surface area contributed by atoms with E-state index >= 15 is 0 Å². The summed E-state index contributed by atoms with van der Waals surface area (Å²) in [4.78, 5) is 11.4. The first-order valence-electron chi connectivity index (χ1n) is 4.66. The van der Waals surface area contributed by atoms with Gasteiger partial charge >= 0.3 is 0 Å². The van der Waals surface area contributed by atoms with Crippen molar-refractivity contribution in [2.45, 2.75) is 5.92 Å². The van der Waals surface area contributed by atoms with Crippen molar-refractivity contribution < 1.29 is 13.6 Å². The number of anilines is 1. The van der Waals surface area contributed by atoms with Gasteiger partial charge in [-0.2, -0.15) is 0 Å². The number of nitrogen functional groups attached to an aromatic ring is 1. The number of rotatable bonds is 4. The zero-order chi connectivity index (χ0) is 12.2. The van der Waals surface area contributed by atoms with Gasteiger partial charge in [0.15, 0.2) is 0 Å². The van der Waals surface area contributed by atoms with E-state index in [9.17, 15) is 13.6 Å². The number of nitrogens with two attached hydrogens (primary N) is 2. The molecule has 0 aliphatic heterocycles. The molecule has 0 saturated heterocycles. The van der Waals surface area contributed by atoms with Crippen molar-refractivity contribution in [1.29, 1.82) is 0 Å². The first-order valence-corrected chi connectivity index (χ1v) is 4.66. The molecular formula is C10H13F2N3O. The molecule has 1 aromatic carbocycles. The molecular weight excluding hydrogens is 216 g/mol. The number of hydrogen-bond acceptors (Lipinski definition) is 3. The van der Waals surface area contributed by atoms with Gasteiger partial charge < -0.3 is 16.8 Å². The molecule has 0 bridgehead atoms. The number of carbonyl (C=O) groups excluding carboxylic acids is 1. The quantitative estimate of drug-likeness (QED) is 0.661. The Bertz CT molecular complexity index is 382. The van der Waals surface area contributed by atoms with Crippen molar-refractivity contribution in [1.82, 2.24) is 5.32 Å². The fraction of sp³-hybridized carbons (Fsp3) is 0.300. The Morgan fingerprint density at radius 3 is 2.69 bits per heavy atom. The Labute approximate surface area is 91.6 Å². The Morgan fingerprint density at radius 2 is 2.12 bits per heavy atom. The first kappa shape index (κ1) is 12.4. The molecule has 88 valence electrons. The topological polar surface area (TPSA) is 81.1 Å². The van der Waals surface area contributed by atoms with Crippen LogP contribution in [0.3, 0.4) is 0 Å². The molecule has 4 nitrogen and oxygen atoms in total. The number of benzene rings is 1. The standard InChI is InChI=1S/C10H13F2N3O/c11-10(12,5-13)6-15-9(16)7-2-1-3-8(14)4-7/h1-4H,5-6,13-14H2,(H,15,16). The van der Waals surface area contributed by atoms with Crippen LogP contribution in [0.4, 0.5) is 14.5 Å². The molecule has 5 N–H and O–H groups in total. The summed E-state index contributed by atoms with van der Waals surface area (Å²) in [6, 6.07) is 6.08. The molecule has 0 fully saturated rings. The minimum atomic E-state index is -3.09. The molecule has 0 unspecified atom stereocenters. The van der Waals surface area contributed by atoms with Crippen molar-refractivity contribution >= 4 is 11.6 Å². The molecule has 1 rings (SSSR count). The van der Waals surface area contributed by atoms with E-state index in [1.54, 1.807) is 12.1 Å². The normalized spacial score (nSPS) is 11.2. The van der Waals surface area contributed by atoms with Gasteiger partial charge in [0.25, 0.3) is 11.8 Å². The fourth-order valence-electron chi connectivity index (χ4n) is 1.06. The van der Waals surface area contributed by atoms with Crippen LogP contribution in [0, 0.1) is 0 Å². The Hall–Kier alpha value is -1.69. The summed E-state index contributed by atoms with van der Waals surface area (Å²) in [5.74, 6) is -3.68. The Balaban J connectivity index is 2.60. The Morgan fingerprint density at radius 1 is 1.44 bits per heavy atom. The molecule has 0 saturated carbocycles. The molecule has 0 atom stereocenters. The average molecular weight is 229 g/mol. The minimum absolute atomic E-state index is 0.243. The lowest BCUT2D eigenvalue weighted by Gasteiger charge is -2.14. The van der Waals surface area contributed by atoms with Crippen LogP contribution >= 0.6 is 0 Å². The highest BCUT2D eigenvalue weighted by molar-refractivity contribution is 5.95. The molecule has 1 amide bonds. The molecule has 6 heteroatoms. The molecule has 0 radical (unpaired) electrons. The molecule has 1 aromatic rings. The van der Waals surface area contributed by atoms with E-state index in [2.05, 4.69) is 5.32 Å². The van der Waals surface area contributed by atoms with Crippen LogP contribution in [0.1, 0.15) is 10.4 Å². The molecule has 0 spiro atoms. The predicted molar refractivity (Wildman–Crippen MR) is 57.2 cm³/mol. The number of amides is 1. The van der Waals surface area contributed by atoms with Gasteiger partial charge in [0, 0.05) is 11.3 Å². The SMILES string of the molecule is NCC(F)(F)CNC(=O)c1cccc(N)c1. The maximum Gasteiger partial charge on any atom is 0.277 e. The number of nitrogens with one attached hydrogen (secondary N) is 1. The van der Waals surface area contributed by atoms with Crippen molar-refractivity contribution in [3.8, 4) is 0 Å². The summed E-state index contributed by atoms with van der Waals surface area (Å²) in [5, 5.41) is 2.09. The van der Waals surface area contributed by atoms with Gasteiger partial charge in [-0.15, -0.1) is 0 Å². The minimum Gasteiger partial charge on any atom is -0.399 e. The molecule has 0 aliphatic carbocycles. The van der Waals surface area contributed by atoms with Crippen molar-refractivity contribution in [2.75, 3.05) is 18.8 Å². The molecule has 0 heterocycles. The van der Waals surface area contributed by atoms with Crippen LogP contribution in [0.25, 0.3) is 0 Å². The van der Waals surface area contributed by atoms with Gasteiger partial charge in [-0.05, 0) is 18.2 Å². The monoisotopic (exact) mass is 229 g/mol. The van der Waals surface area contributed by atoms with Crippen LogP contribution in [0.5, 0.6) is 0 Å². The van der Waals surface area contributed by atoms with E-state index in [-0.39, 0.29) is 5.56 Å². The number of alkyl halides is 2. The van der Waals surface area contributed by atoms with Gasteiger partial charge in [0.05, 0.1) is 13.1 Å². The van der Waals surface area contributed by atoms with Gasteiger partial charge in [-0.1, -0.05) is 6.07 Å². The van der Waals surface area contributed by atoms with E-state index in [0.717, 1.165) is 0 Å². The maximum absolute atomic E-state index is 12.7. The van der Waals surface area contributed by atoms with Gasteiger partial charge in [0.2, 0.25) is 0 Å². The molecule has 16 heavy (non-hydrogen) atoms. The summed E-state index contributed by atoms with van der Waals surface area (Å²) < 4.78 is 25.5. The third-order valence-corrected chi connectivity index (χ3v) is 1.96. The maximum atomic E-state index is 12.7. The summed E-state index contributed by atoms with van der Waals surface area (Å²) in [7, 11) is 0. The van der Waals surface area contributed by atoms with Crippen molar-refractivity contribution in [3.05, 3.63) is 29.8 Å².